The van der Waals surface area contributed by atoms with Gasteiger partial charge in [-0.05, 0) is 30.3 Å². The molecule has 7 heteroatoms. The van der Waals surface area contributed by atoms with Crippen LogP contribution in [-0.2, 0) is 0 Å². The monoisotopic (exact) mass is 372 g/mol. The van der Waals surface area contributed by atoms with Gasteiger partial charge in [-0.15, -0.1) is 0 Å². The second-order valence-electron chi connectivity index (χ2n) is 5.54. The maximum Gasteiger partial charge on any atom is 0.239 e. The summed E-state index contributed by atoms with van der Waals surface area (Å²) in [5.41, 5.74) is 0.598. The van der Waals surface area contributed by atoms with Crippen molar-refractivity contribution in [1.82, 2.24) is 0 Å². The molecular formula is C20H20O7. The van der Waals surface area contributed by atoms with Crippen LogP contribution in [0.1, 0.15) is 0 Å². The molecule has 0 unspecified atom stereocenters. The maximum absolute atomic E-state index is 13.1. The lowest BCUT2D eigenvalue weighted by Gasteiger charge is -2.14. The molecule has 1 heterocycles. The van der Waals surface area contributed by atoms with Crippen molar-refractivity contribution in [3.05, 3.63) is 40.6 Å². The molecule has 0 saturated heterocycles. The number of hydrogen-bond donors (Lipinski definition) is 0. The van der Waals surface area contributed by atoms with Crippen molar-refractivity contribution < 1.29 is 28.1 Å². The molecule has 142 valence electrons. The van der Waals surface area contributed by atoms with Gasteiger partial charge in [-0.25, -0.2) is 0 Å². The van der Waals surface area contributed by atoms with Crippen molar-refractivity contribution >= 4 is 11.0 Å². The summed E-state index contributed by atoms with van der Waals surface area (Å²) in [4.78, 5) is 13.1. The number of rotatable bonds is 6. The first-order chi connectivity index (χ1) is 13.1. The van der Waals surface area contributed by atoms with Crippen LogP contribution in [0.4, 0.5) is 0 Å². The molecular weight excluding hydrogens is 352 g/mol. The molecule has 0 radical (unpaired) electrons. The van der Waals surface area contributed by atoms with E-state index in [1.54, 1.807) is 37.4 Å². The van der Waals surface area contributed by atoms with E-state index in [9.17, 15) is 4.79 Å². The lowest BCUT2D eigenvalue weighted by Crippen LogP contribution is -2.09. The fraction of sp³-hybridized carbons (Fsp3) is 0.250. The topological polar surface area (TPSA) is 76.4 Å². The van der Waals surface area contributed by atoms with E-state index in [-0.39, 0.29) is 22.3 Å². The summed E-state index contributed by atoms with van der Waals surface area (Å²) >= 11 is 0. The number of hydrogen-bond acceptors (Lipinski definition) is 7. The Kier molecular flexibility index (Phi) is 5.12. The van der Waals surface area contributed by atoms with Crippen LogP contribution in [0.5, 0.6) is 28.7 Å². The Hall–Kier alpha value is -3.35. The SMILES string of the molecule is COc1ccc(-c2oc3ccc(OC)c(OC)c3c(=O)c2OC)cc1OC. The zero-order chi connectivity index (χ0) is 19.6. The average Bonchev–Trinajstić information content (AvgIpc) is 2.71. The van der Waals surface area contributed by atoms with Crippen molar-refractivity contribution in [2.24, 2.45) is 0 Å². The average molecular weight is 372 g/mol. The molecule has 1 aromatic heterocycles. The Bertz CT molecular complexity index is 1040. The minimum absolute atomic E-state index is 0.0567. The van der Waals surface area contributed by atoms with E-state index in [1.165, 1.54) is 28.4 Å². The predicted molar refractivity (Wildman–Crippen MR) is 101 cm³/mol. The van der Waals surface area contributed by atoms with Gasteiger partial charge < -0.3 is 28.1 Å². The van der Waals surface area contributed by atoms with Gasteiger partial charge in [0.25, 0.3) is 0 Å². The lowest BCUT2D eigenvalue weighted by molar-refractivity contribution is 0.354. The largest absolute Gasteiger partial charge is 0.493 e. The Balaban J connectivity index is 2.34. The van der Waals surface area contributed by atoms with Gasteiger partial charge in [0.2, 0.25) is 11.2 Å². The molecule has 0 bridgehead atoms. The first-order valence-electron chi connectivity index (χ1n) is 8.07. The third-order valence-electron chi connectivity index (χ3n) is 4.21. The van der Waals surface area contributed by atoms with Crippen molar-refractivity contribution in [3.63, 3.8) is 0 Å². The second-order valence-corrected chi connectivity index (χ2v) is 5.54. The standard InChI is InChI=1S/C20H20O7/c1-22-12-7-6-11(10-15(12)24-3)18-20(26-5)17(21)16-13(27-18)8-9-14(23-2)19(16)25-4/h6-10H,1-5H3. The van der Waals surface area contributed by atoms with E-state index in [1.807, 2.05) is 0 Å². The van der Waals surface area contributed by atoms with Crippen LogP contribution in [0.25, 0.3) is 22.3 Å². The summed E-state index contributed by atoms with van der Waals surface area (Å²) in [6, 6.07) is 8.53. The van der Waals surface area contributed by atoms with Gasteiger partial charge >= 0.3 is 0 Å². The lowest BCUT2D eigenvalue weighted by atomic mass is 10.1. The molecule has 0 spiro atoms. The number of benzene rings is 2. The van der Waals surface area contributed by atoms with Crippen molar-refractivity contribution in [1.29, 1.82) is 0 Å². The fourth-order valence-electron chi connectivity index (χ4n) is 2.93. The summed E-state index contributed by atoms with van der Waals surface area (Å²) in [6.45, 7) is 0. The predicted octanol–water partition coefficient (Wildman–Crippen LogP) is 3.50. The summed E-state index contributed by atoms with van der Waals surface area (Å²) in [5.74, 6) is 2.13. The van der Waals surface area contributed by atoms with Gasteiger partial charge in [0.1, 0.15) is 11.0 Å². The number of methoxy groups -OCH3 is 5. The van der Waals surface area contributed by atoms with E-state index < -0.39 is 0 Å². The smallest absolute Gasteiger partial charge is 0.239 e. The van der Waals surface area contributed by atoms with Crippen LogP contribution in [0.3, 0.4) is 0 Å². The molecule has 0 N–H and O–H groups in total. The van der Waals surface area contributed by atoms with Crippen LogP contribution >= 0.6 is 0 Å². The van der Waals surface area contributed by atoms with Crippen LogP contribution in [0.15, 0.2) is 39.5 Å². The van der Waals surface area contributed by atoms with E-state index >= 15 is 0 Å². The van der Waals surface area contributed by atoms with Crippen LogP contribution in [0.2, 0.25) is 0 Å². The Labute approximate surface area is 156 Å². The molecule has 0 aliphatic heterocycles. The van der Waals surface area contributed by atoms with E-state index in [4.69, 9.17) is 28.1 Å². The van der Waals surface area contributed by atoms with Gasteiger partial charge in [0.15, 0.2) is 28.8 Å². The molecule has 3 rings (SSSR count). The van der Waals surface area contributed by atoms with Gasteiger partial charge in [0, 0.05) is 5.56 Å². The number of fused-ring (bicyclic) bond motifs is 1. The number of ether oxygens (including phenoxy) is 5. The van der Waals surface area contributed by atoms with Gasteiger partial charge in [0.05, 0.1) is 35.5 Å². The van der Waals surface area contributed by atoms with Crippen LogP contribution in [0, 0.1) is 0 Å². The van der Waals surface area contributed by atoms with Crippen molar-refractivity contribution in [2.45, 2.75) is 0 Å². The van der Waals surface area contributed by atoms with Crippen molar-refractivity contribution in [2.75, 3.05) is 35.5 Å². The second kappa shape index (κ2) is 7.49. The van der Waals surface area contributed by atoms with Gasteiger partial charge in [-0.2, -0.15) is 0 Å². The van der Waals surface area contributed by atoms with E-state index in [2.05, 4.69) is 0 Å². The minimum atomic E-state index is -0.362. The molecule has 0 aliphatic rings. The summed E-state index contributed by atoms with van der Waals surface area (Å²) in [6.07, 6.45) is 0. The molecule has 0 atom stereocenters. The Morgan fingerprint density at radius 2 is 1.33 bits per heavy atom. The molecule has 7 nitrogen and oxygen atoms in total. The Morgan fingerprint density at radius 1 is 0.704 bits per heavy atom. The zero-order valence-corrected chi connectivity index (χ0v) is 15.7. The molecule has 0 saturated carbocycles. The van der Waals surface area contributed by atoms with Crippen molar-refractivity contribution in [3.8, 4) is 40.1 Å². The zero-order valence-electron chi connectivity index (χ0n) is 15.7. The molecule has 0 fully saturated rings. The quantitative estimate of drug-likeness (QED) is 0.655. The van der Waals surface area contributed by atoms with E-state index in [0.717, 1.165) is 0 Å². The Morgan fingerprint density at radius 3 is 1.93 bits per heavy atom. The van der Waals surface area contributed by atoms with Crippen LogP contribution in [-0.4, -0.2) is 35.5 Å². The highest BCUT2D eigenvalue weighted by Gasteiger charge is 2.22. The molecule has 3 aromatic rings. The molecule has 27 heavy (non-hydrogen) atoms. The normalized spacial score (nSPS) is 10.6. The minimum Gasteiger partial charge on any atom is -0.493 e. The van der Waals surface area contributed by atoms with E-state index in [0.29, 0.717) is 34.1 Å². The highest BCUT2D eigenvalue weighted by Crippen LogP contribution is 2.40. The first kappa shape index (κ1) is 18.4. The van der Waals surface area contributed by atoms with Gasteiger partial charge in [-0.1, -0.05) is 0 Å². The highest BCUT2D eigenvalue weighted by molar-refractivity contribution is 5.89. The van der Waals surface area contributed by atoms with Crippen LogP contribution < -0.4 is 29.1 Å². The van der Waals surface area contributed by atoms with Gasteiger partial charge in [-0.3, -0.25) is 4.79 Å². The first-order valence-corrected chi connectivity index (χ1v) is 8.07. The maximum atomic E-state index is 13.1. The summed E-state index contributed by atoms with van der Waals surface area (Å²) in [5, 5.41) is 0.248. The highest BCUT2D eigenvalue weighted by atomic mass is 16.5. The summed E-state index contributed by atoms with van der Waals surface area (Å²) in [7, 11) is 7.46. The fourth-order valence-corrected chi connectivity index (χ4v) is 2.93. The third kappa shape index (κ3) is 3.01. The molecule has 0 aliphatic carbocycles. The third-order valence-corrected chi connectivity index (χ3v) is 4.21. The molecule has 0 amide bonds. The molecule has 2 aromatic carbocycles. The summed E-state index contributed by atoms with van der Waals surface area (Å²) < 4.78 is 32.6.